The van der Waals surface area contributed by atoms with E-state index in [1.165, 1.54) is 11.9 Å². The van der Waals surface area contributed by atoms with Crippen molar-refractivity contribution in [2.45, 2.75) is 150 Å². The van der Waals surface area contributed by atoms with E-state index in [0.717, 1.165) is 202 Å². The number of rotatable bonds is 20. The number of amides is 2. The first kappa shape index (κ1) is 82.2. The van der Waals surface area contributed by atoms with Gasteiger partial charge in [0.05, 0.1) is 39.0 Å². The molecule has 2 atom stereocenters. The minimum Gasteiger partial charge on any atom is -0.444 e. The van der Waals surface area contributed by atoms with Crippen LogP contribution in [0.2, 0.25) is 0 Å². The lowest BCUT2D eigenvalue weighted by Crippen LogP contribution is -2.33. The van der Waals surface area contributed by atoms with Crippen molar-refractivity contribution in [2.75, 3.05) is 32.8 Å². The number of hydrogen-bond acceptors (Lipinski definition) is 22. The maximum Gasteiger partial charge on any atom is 0.407 e. The van der Waals surface area contributed by atoms with Gasteiger partial charge in [0.1, 0.15) is 89.0 Å². The van der Waals surface area contributed by atoms with E-state index in [2.05, 4.69) is 134 Å². The molecular weight excluding hydrogens is 1600 g/mol. The number of halogens is 1. The number of aromatic nitrogens is 18. The van der Waals surface area contributed by atoms with Gasteiger partial charge in [-0.25, -0.2) is 63.8 Å². The van der Waals surface area contributed by atoms with E-state index in [1.54, 1.807) is 52.7 Å². The molecule has 604 valence electrons. The Bertz CT molecular complexity index is 5860. The molecule has 5 N–H and O–H groups in total. The number of aryl methyl sites for hydroxylation is 5. The van der Waals surface area contributed by atoms with Crippen LogP contribution in [0.5, 0.6) is 0 Å². The quantitative estimate of drug-likeness (QED) is 0.0407. The summed E-state index contributed by atoms with van der Waals surface area (Å²) in [5.74, 6) is 2.02. The molecule has 0 radical (unpaired) electrons. The molecule has 2 aliphatic rings. The van der Waals surface area contributed by atoms with Gasteiger partial charge in [-0.15, -0.1) is 50.8 Å². The number of H-pyrrole nitrogens is 1. The van der Waals surface area contributed by atoms with E-state index >= 15 is 0 Å². The monoisotopic (exact) mass is 1690 g/mol. The van der Waals surface area contributed by atoms with Crippen LogP contribution >= 0.6 is 49.9 Å². The first-order chi connectivity index (χ1) is 56.6. The van der Waals surface area contributed by atoms with E-state index in [-0.39, 0.29) is 12.5 Å². The molecule has 0 saturated carbocycles. The number of pyridine rings is 3. The van der Waals surface area contributed by atoms with Gasteiger partial charge in [0.25, 0.3) is 0 Å². The lowest BCUT2D eigenvalue weighted by atomic mass is 10.1. The van der Waals surface area contributed by atoms with E-state index in [0.29, 0.717) is 37.1 Å². The van der Waals surface area contributed by atoms with Crippen LogP contribution in [0.3, 0.4) is 0 Å². The Morgan fingerprint density at radius 2 is 0.983 bits per heavy atom. The zero-order chi connectivity index (χ0) is 81.7. The fraction of sp³-hybridized carbons (Fsp3) is 0.326. The molecule has 12 aromatic heterocycles. The van der Waals surface area contributed by atoms with Gasteiger partial charge in [0.15, 0.2) is 29.9 Å². The molecule has 2 unspecified atom stereocenters. The number of carbonyl (C=O) groups is 2. The van der Waals surface area contributed by atoms with Crippen LogP contribution in [0.25, 0.3) is 115 Å². The average molecular weight is 1690 g/mol. The lowest BCUT2D eigenvalue weighted by Gasteiger charge is -2.21. The number of nitrogens with two attached hydrogens (primary N) is 1. The fourth-order valence-corrected chi connectivity index (χ4v) is 17.2. The summed E-state index contributed by atoms with van der Waals surface area (Å²) >= 11 is 8.35. The van der Waals surface area contributed by atoms with Crippen molar-refractivity contribution in [1.82, 2.24) is 98.4 Å². The van der Waals surface area contributed by atoms with Gasteiger partial charge < -0.3 is 35.3 Å². The number of nitrogens with one attached hydrogen (secondary N) is 3. The molecule has 17 rings (SSSR count). The molecule has 2 fully saturated rings. The molecule has 27 nitrogen and oxygen atoms in total. The summed E-state index contributed by atoms with van der Waals surface area (Å²) in [5, 5.41) is 24.7. The number of fused-ring (bicyclic) bond motifs is 3. The Balaban J connectivity index is 0.000000137. The second kappa shape index (κ2) is 37.3. The maximum absolute atomic E-state index is 12.0. The molecule has 2 aliphatic heterocycles. The first-order valence-corrected chi connectivity index (χ1v) is 42.3. The SMILES string of the molecule is C=CCNC(=O)OC(C)(C)C.Cc1nc2ccc(Br)cn2c1-c1nc(-c2ccccc2)c(-c2ncn(C3CCCCO3)n2)s1.Cc1nc2ccc(CCCN)cn2c1-c1nc(-c2ccccc2)c(-c2ncn[nH]2)s1.Cc1nc2ccc(CCCNC(=O)OC(C)(C)C)cn2c1-c1nc(-c2ccccc2)c(-c2ncn(C3CCCCO3)n2)s1. The molecule has 15 aromatic rings. The third kappa shape index (κ3) is 20.2. The van der Waals surface area contributed by atoms with Gasteiger partial charge in [-0.1, -0.05) is 109 Å². The number of nitrogens with zero attached hydrogens (tertiary/aromatic N) is 17. The van der Waals surface area contributed by atoms with Crippen molar-refractivity contribution in [3.63, 3.8) is 0 Å². The highest BCUT2D eigenvalue weighted by molar-refractivity contribution is 9.10. The van der Waals surface area contributed by atoms with Gasteiger partial charge in [-0.05, 0) is 184 Å². The standard InChI is InChI=1S/C32H37N7O3S.C24H21BrN6OS.C22H21N7S.C8H15NO2/c1-21-27(38-19-22(15-16-24(38)35-21)11-10-17-33-31(40)42-32(2,3)4)30-36-26(23-12-6-5-7-13-23)28(43-30)29-34-20-39(37-29)25-14-8-9-18-41-25;1-15-21(30-13-17(25)10-11-18(30)27-15)24-28-20(16-7-3-2-4-8-16)22(33-24)23-26-14-31(29-23)19-9-5-6-12-32-19;1-14-19(29-12-15(6-5-11-23)9-10-17(29)26-14)22-27-18(16-7-3-2-4-8-16)20(30-22)21-24-13-25-28-21;1-5-6-9-7(10)11-8(2,3)4/h5-7,12-13,15-16,19-20,25H,8-11,14,17-18H2,1-4H3,(H,33,40);2-4,7-8,10-11,13-14,19H,5-6,9,12H2,1H3;2-4,7-10,12-13H,5-6,11,23H2,1H3,(H,24,25,28);5H,1,6H2,2-4H3,(H,9,10). The molecule has 0 spiro atoms. The second-order valence-corrected chi connectivity index (χ2v) is 34.0. The van der Waals surface area contributed by atoms with Gasteiger partial charge in [-0.3, -0.25) is 18.3 Å². The number of benzene rings is 3. The van der Waals surface area contributed by atoms with Gasteiger partial charge in [-0.2, -0.15) is 5.10 Å². The summed E-state index contributed by atoms with van der Waals surface area (Å²) in [4.78, 5) is 69.0. The number of ether oxygens (including phenoxy) is 4. The number of thiazole rings is 3. The van der Waals surface area contributed by atoms with Crippen LogP contribution in [-0.4, -0.2) is 144 Å². The van der Waals surface area contributed by atoms with Crippen molar-refractivity contribution in [1.29, 1.82) is 0 Å². The molecule has 2 saturated heterocycles. The average Bonchev–Trinajstić information content (AvgIpc) is 1.62. The van der Waals surface area contributed by atoms with Crippen LogP contribution in [0, 0.1) is 20.8 Å². The van der Waals surface area contributed by atoms with Crippen LogP contribution < -0.4 is 16.4 Å². The molecule has 0 bridgehead atoms. The minimum absolute atomic E-state index is 0.0501. The van der Waals surface area contributed by atoms with Crippen molar-refractivity contribution in [3.05, 3.63) is 210 Å². The van der Waals surface area contributed by atoms with Crippen LogP contribution in [0.1, 0.15) is 134 Å². The predicted octanol–water partition coefficient (Wildman–Crippen LogP) is 18.8. The summed E-state index contributed by atoms with van der Waals surface area (Å²) in [6.45, 7) is 23.7. The zero-order valence-electron chi connectivity index (χ0n) is 66.9. The van der Waals surface area contributed by atoms with E-state index in [9.17, 15) is 9.59 Å². The summed E-state index contributed by atoms with van der Waals surface area (Å²) in [5.41, 5.74) is 21.2. The highest BCUT2D eigenvalue weighted by atomic mass is 79.9. The Morgan fingerprint density at radius 3 is 1.40 bits per heavy atom. The normalized spacial score (nSPS) is 14.3. The Labute approximate surface area is 698 Å². The Kier molecular flexibility index (Phi) is 26.2. The first-order valence-electron chi connectivity index (χ1n) is 39.1. The maximum atomic E-state index is 12.0. The van der Waals surface area contributed by atoms with Crippen molar-refractivity contribution in [3.8, 4) is 98.0 Å². The highest BCUT2D eigenvalue weighted by Gasteiger charge is 2.29. The van der Waals surface area contributed by atoms with Gasteiger partial charge in [0, 0.05) is 66.1 Å². The Morgan fingerprint density at radius 1 is 0.556 bits per heavy atom. The lowest BCUT2D eigenvalue weighted by molar-refractivity contribution is -0.0396. The Hall–Kier alpha value is -11.3. The molecule has 31 heteroatoms. The minimum atomic E-state index is -0.513. The predicted molar refractivity (Wildman–Crippen MR) is 463 cm³/mol. The van der Waals surface area contributed by atoms with Crippen LogP contribution in [0.4, 0.5) is 9.59 Å². The number of aromatic amines is 1. The largest absolute Gasteiger partial charge is 0.444 e. The third-order valence-corrected chi connectivity index (χ3v) is 22.5. The smallest absolute Gasteiger partial charge is 0.407 e. The summed E-state index contributed by atoms with van der Waals surface area (Å²) in [6, 6.07) is 42.8. The van der Waals surface area contributed by atoms with E-state index in [1.807, 2.05) is 151 Å². The molecule has 2 amide bonds. The van der Waals surface area contributed by atoms with Gasteiger partial charge >= 0.3 is 12.2 Å². The van der Waals surface area contributed by atoms with Crippen molar-refractivity contribution < 1.29 is 28.5 Å². The number of imidazole rings is 3. The van der Waals surface area contributed by atoms with E-state index in [4.69, 9.17) is 69.8 Å². The molecule has 14 heterocycles. The van der Waals surface area contributed by atoms with Crippen LogP contribution in [-0.2, 0) is 31.8 Å². The topological polar surface area (TPSA) is 315 Å². The molecular formula is C86H94BrN21O6S3. The van der Waals surface area contributed by atoms with E-state index < -0.39 is 23.4 Å². The summed E-state index contributed by atoms with van der Waals surface area (Å²) < 4.78 is 33.1. The number of alkyl carbamates (subject to hydrolysis) is 2. The third-order valence-electron chi connectivity index (χ3n) is 18.8. The summed E-state index contributed by atoms with van der Waals surface area (Å²) in [7, 11) is 0. The summed E-state index contributed by atoms with van der Waals surface area (Å²) in [6.07, 6.45) is 21.8. The highest BCUT2D eigenvalue weighted by Crippen LogP contribution is 2.45. The fourth-order valence-electron chi connectivity index (χ4n) is 13.5. The van der Waals surface area contributed by atoms with Crippen LogP contribution in [0.15, 0.2) is 182 Å². The zero-order valence-corrected chi connectivity index (χ0v) is 70.9. The molecule has 117 heavy (non-hydrogen) atoms. The molecule has 3 aromatic carbocycles. The second-order valence-electron chi connectivity index (χ2n) is 30.1. The van der Waals surface area contributed by atoms with Gasteiger partial charge in [0.2, 0.25) is 0 Å². The van der Waals surface area contributed by atoms with Crippen molar-refractivity contribution >= 4 is 79.1 Å². The molecule has 0 aliphatic carbocycles. The number of carbonyl (C=O) groups excluding carboxylic acids is 2. The number of hydrogen-bond donors (Lipinski definition) is 4. The van der Waals surface area contributed by atoms with Crippen molar-refractivity contribution in [2.24, 2.45) is 5.73 Å².